The maximum atomic E-state index is 6.02. The molecule has 0 saturated heterocycles. The van der Waals surface area contributed by atoms with Crippen LogP contribution in [0.5, 0.6) is 0 Å². The minimum absolute atomic E-state index is 0.375. The molecule has 3 atom stereocenters. The van der Waals surface area contributed by atoms with Gasteiger partial charge < -0.3 is 9.47 Å². The van der Waals surface area contributed by atoms with E-state index in [-0.39, 0.29) is 0 Å². The molecular formula is C16H28O2. The maximum absolute atomic E-state index is 6.02. The van der Waals surface area contributed by atoms with Crippen molar-refractivity contribution < 1.29 is 9.47 Å². The summed E-state index contributed by atoms with van der Waals surface area (Å²) in [4.78, 5) is 0. The fraction of sp³-hybridized carbons (Fsp3) is 0.750. The molecule has 0 aromatic rings. The van der Waals surface area contributed by atoms with Crippen LogP contribution in [0.1, 0.15) is 47.0 Å². The second-order valence-electron chi connectivity index (χ2n) is 5.90. The van der Waals surface area contributed by atoms with Crippen molar-refractivity contribution >= 4 is 0 Å². The molecule has 0 N–H and O–H groups in total. The van der Waals surface area contributed by atoms with E-state index < -0.39 is 0 Å². The van der Waals surface area contributed by atoms with Gasteiger partial charge in [-0.2, -0.15) is 0 Å². The van der Waals surface area contributed by atoms with E-state index in [2.05, 4.69) is 20.8 Å². The van der Waals surface area contributed by atoms with Crippen molar-refractivity contribution in [1.29, 1.82) is 0 Å². The van der Waals surface area contributed by atoms with Gasteiger partial charge in [0.1, 0.15) is 6.10 Å². The van der Waals surface area contributed by atoms with Crippen molar-refractivity contribution in [1.82, 2.24) is 0 Å². The summed E-state index contributed by atoms with van der Waals surface area (Å²) in [6, 6.07) is 0. The molecule has 1 rings (SSSR count). The van der Waals surface area contributed by atoms with Gasteiger partial charge in [-0.25, -0.2) is 0 Å². The first kappa shape index (κ1) is 15.1. The molecular weight excluding hydrogens is 224 g/mol. The van der Waals surface area contributed by atoms with Crippen LogP contribution < -0.4 is 0 Å². The van der Waals surface area contributed by atoms with Gasteiger partial charge in [0.15, 0.2) is 0 Å². The van der Waals surface area contributed by atoms with Crippen LogP contribution in [0.2, 0.25) is 0 Å². The van der Waals surface area contributed by atoms with Gasteiger partial charge in [-0.3, -0.25) is 0 Å². The summed E-state index contributed by atoms with van der Waals surface area (Å²) in [5.74, 6) is 2.18. The standard InChI is InChI=1S/C16H28O2/c1-12(2)15-7-6-13(3)10-16(15)18-11-14(4)8-9-17-5/h8-9,11-13,15-16H,6-7,10H2,1-5H3/b9-8+,14-11-/t13-,15+,16-/m1/s1. The normalized spacial score (nSPS) is 29.9. The van der Waals surface area contributed by atoms with Gasteiger partial charge in [-0.15, -0.1) is 0 Å². The second-order valence-corrected chi connectivity index (χ2v) is 5.90. The van der Waals surface area contributed by atoms with Gasteiger partial charge in [-0.05, 0) is 49.2 Å². The number of allylic oxidation sites excluding steroid dienone is 2. The van der Waals surface area contributed by atoms with E-state index in [1.54, 1.807) is 13.4 Å². The van der Waals surface area contributed by atoms with Crippen molar-refractivity contribution in [3.8, 4) is 0 Å². The molecule has 1 aliphatic carbocycles. The number of rotatable bonds is 5. The van der Waals surface area contributed by atoms with Gasteiger partial charge in [0.25, 0.3) is 0 Å². The minimum atomic E-state index is 0.375. The molecule has 1 fully saturated rings. The Balaban J connectivity index is 2.58. The summed E-state index contributed by atoms with van der Waals surface area (Å²) in [6.45, 7) is 8.97. The van der Waals surface area contributed by atoms with Crippen LogP contribution in [0.4, 0.5) is 0 Å². The molecule has 0 unspecified atom stereocenters. The molecule has 2 heteroatoms. The van der Waals surface area contributed by atoms with Gasteiger partial charge >= 0.3 is 0 Å². The molecule has 0 aromatic heterocycles. The molecule has 104 valence electrons. The van der Waals surface area contributed by atoms with Crippen molar-refractivity contribution in [3.63, 3.8) is 0 Å². The topological polar surface area (TPSA) is 18.5 Å². The summed E-state index contributed by atoms with van der Waals surface area (Å²) < 4.78 is 10.9. The highest BCUT2D eigenvalue weighted by Gasteiger charge is 2.31. The first-order valence-corrected chi connectivity index (χ1v) is 7.06. The summed E-state index contributed by atoms with van der Waals surface area (Å²) in [6.07, 6.45) is 9.68. The van der Waals surface area contributed by atoms with Crippen LogP contribution in [0, 0.1) is 17.8 Å². The van der Waals surface area contributed by atoms with Crippen molar-refractivity contribution in [2.24, 2.45) is 17.8 Å². The lowest BCUT2D eigenvalue weighted by Crippen LogP contribution is -2.33. The smallest absolute Gasteiger partial charge is 0.101 e. The Morgan fingerprint density at radius 3 is 2.61 bits per heavy atom. The van der Waals surface area contributed by atoms with Crippen LogP contribution in [0.15, 0.2) is 24.2 Å². The molecule has 0 aliphatic heterocycles. The molecule has 0 amide bonds. The van der Waals surface area contributed by atoms with Crippen molar-refractivity contribution in [2.75, 3.05) is 7.11 Å². The Bertz CT molecular complexity index is 291. The summed E-state index contributed by atoms with van der Waals surface area (Å²) >= 11 is 0. The SMILES string of the molecule is CO/C=C/C(C)=C\O[C@@H]1C[C@H](C)CC[C@H]1C(C)C. The average Bonchev–Trinajstić information content (AvgIpc) is 2.33. The highest BCUT2D eigenvalue weighted by atomic mass is 16.5. The Labute approximate surface area is 112 Å². The molecule has 2 nitrogen and oxygen atoms in total. The largest absolute Gasteiger partial charge is 0.504 e. The zero-order valence-corrected chi connectivity index (χ0v) is 12.5. The number of hydrogen-bond acceptors (Lipinski definition) is 2. The van der Waals surface area contributed by atoms with Crippen molar-refractivity contribution in [3.05, 3.63) is 24.2 Å². The molecule has 1 aliphatic rings. The summed E-state index contributed by atoms with van der Waals surface area (Å²) in [5.41, 5.74) is 1.09. The van der Waals surface area contributed by atoms with E-state index in [0.29, 0.717) is 17.9 Å². The maximum Gasteiger partial charge on any atom is 0.101 e. The molecule has 0 spiro atoms. The third kappa shape index (κ3) is 4.75. The van der Waals surface area contributed by atoms with Gasteiger partial charge in [0, 0.05) is 0 Å². The third-order valence-corrected chi connectivity index (χ3v) is 3.86. The van der Waals surface area contributed by atoms with E-state index >= 15 is 0 Å². The van der Waals surface area contributed by atoms with E-state index in [4.69, 9.17) is 9.47 Å². The van der Waals surface area contributed by atoms with Crippen LogP contribution in [0.25, 0.3) is 0 Å². The van der Waals surface area contributed by atoms with E-state index in [1.807, 2.05) is 19.3 Å². The summed E-state index contributed by atoms with van der Waals surface area (Å²) in [5, 5.41) is 0. The Hall–Kier alpha value is -0.920. The van der Waals surface area contributed by atoms with Gasteiger partial charge in [0.2, 0.25) is 0 Å². The molecule has 0 bridgehead atoms. The first-order valence-electron chi connectivity index (χ1n) is 7.06. The zero-order valence-electron chi connectivity index (χ0n) is 12.5. The number of ether oxygens (including phenoxy) is 2. The average molecular weight is 252 g/mol. The van der Waals surface area contributed by atoms with Gasteiger partial charge in [0.05, 0.1) is 19.6 Å². The molecule has 0 radical (unpaired) electrons. The predicted molar refractivity (Wildman–Crippen MR) is 76.1 cm³/mol. The fourth-order valence-corrected chi connectivity index (χ4v) is 2.68. The lowest BCUT2D eigenvalue weighted by Gasteiger charge is -2.36. The summed E-state index contributed by atoms with van der Waals surface area (Å²) in [7, 11) is 1.66. The Morgan fingerprint density at radius 2 is 2.00 bits per heavy atom. The second kappa shape index (κ2) is 7.50. The zero-order chi connectivity index (χ0) is 13.5. The molecule has 18 heavy (non-hydrogen) atoms. The monoisotopic (exact) mass is 252 g/mol. The van der Waals surface area contributed by atoms with Gasteiger partial charge in [-0.1, -0.05) is 27.2 Å². The van der Waals surface area contributed by atoms with E-state index in [9.17, 15) is 0 Å². The molecule has 0 aromatic carbocycles. The minimum Gasteiger partial charge on any atom is -0.504 e. The third-order valence-electron chi connectivity index (χ3n) is 3.86. The van der Waals surface area contributed by atoms with E-state index in [1.165, 1.54) is 19.3 Å². The van der Waals surface area contributed by atoms with E-state index in [0.717, 1.165) is 11.5 Å². The number of hydrogen-bond donors (Lipinski definition) is 0. The van der Waals surface area contributed by atoms with Crippen LogP contribution in [0.3, 0.4) is 0 Å². The highest BCUT2D eigenvalue weighted by Crippen LogP contribution is 2.35. The fourth-order valence-electron chi connectivity index (χ4n) is 2.68. The van der Waals surface area contributed by atoms with Crippen LogP contribution >= 0.6 is 0 Å². The predicted octanol–water partition coefficient (Wildman–Crippen LogP) is 4.53. The first-order chi connectivity index (χ1) is 8.54. The van der Waals surface area contributed by atoms with Crippen molar-refractivity contribution in [2.45, 2.75) is 53.1 Å². The number of methoxy groups -OCH3 is 1. The van der Waals surface area contributed by atoms with Crippen LogP contribution in [-0.2, 0) is 9.47 Å². The van der Waals surface area contributed by atoms with Crippen LogP contribution in [-0.4, -0.2) is 13.2 Å². The Morgan fingerprint density at radius 1 is 1.28 bits per heavy atom. The lowest BCUT2D eigenvalue weighted by molar-refractivity contribution is 0.0129. The quantitative estimate of drug-likeness (QED) is 0.529. The lowest BCUT2D eigenvalue weighted by atomic mass is 9.75. The Kier molecular flexibility index (Phi) is 6.31. The molecule has 0 heterocycles. The molecule has 1 saturated carbocycles. The highest BCUT2D eigenvalue weighted by molar-refractivity contribution is 5.11.